The van der Waals surface area contributed by atoms with Crippen LogP contribution in [0, 0.1) is 0 Å². The molecule has 0 unspecified atom stereocenters. The van der Waals surface area contributed by atoms with E-state index in [1.54, 1.807) is 12.4 Å². The van der Waals surface area contributed by atoms with Gasteiger partial charge in [0.05, 0.1) is 11.8 Å². The molecule has 1 amide bonds. The third kappa shape index (κ3) is 4.02. The maximum absolute atomic E-state index is 12.3. The van der Waals surface area contributed by atoms with Gasteiger partial charge in [-0.05, 0) is 31.6 Å². The highest BCUT2D eigenvalue weighted by molar-refractivity contribution is 7.88. The van der Waals surface area contributed by atoms with E-state index in [0.717, 1.165) is 17.7 Å². The number of fused-ring (bicyclic) bond motifs is 1. The van der Waals surface area contributed by atoms with Gasteiger partial charge in [-0.2, -0.15) is 4.31 Å². The van der Waals surface area contributed by atoms with E-state index in [9.17, 15) is 13.2 Å². The first-order chi connectivity index (χ1) is 10.3. The predicted octanol–water partition coefficient (Wildman–Crippen LogP) is -0.309. The summed E-state index contributed by atoms with van der Waals surface area (Å²) in [7, 11) is 0.659. The van der Waals surface area contributed by atoms with Crippen LogP contribution in [0.5, 0.6) is 0 Å². The average Bonchev–Trinajstić information content (AvgIpc) is 2.44. The molecule has 0 radical (unpaired) electrons. The van der Waals surface area contributed by atoms with Gasteiger partial charge in [-0.1, -0.05) is 0 Å². The van der Waals surface area contributed by atoms with Crippen molar-refractivity contribution in [2.45, 2.75) is 13.0 Å². The second-order valence-electron chi connectivity index (χ2n) is 5.73. The van der Waals surface area contributed by atoms with Crippen LogP contribution in [0.3, 0.4) is 0 Å². The summed E-state index contributed by atoms with van der Waals surface area (Å²) in [5.41, 5.74) is 2.25. The normalized spacial score (nSPS) is 15.6. The standard InChI is InChI=1S/C14H22N4O3S/c1-17(2)7-5-16-14(19)13-9-15-8-11-10-18(22(3,20)21)6-4-12(11)13/h8-9H,4-7,10H2,1-3H3,(H,16,19). The molecule has 0 aliphatic carbocycles. The van der Waals surface area contributed by atoms with Crippen LogP contribution in [-0.2, 0) is 23.0 Å². The highest BCUT2D eigenvalue weighted by Gasteiger charge is 2.26. The zero-order valence-corrected chi connectivity index (χ0v) is 14.0. The lowest BCUT2D eigenvalue weighted by Gasteiger charge is -2.27. The van der Waals surface area contributed by atoms with Crippen LogP contribution in [-0.4, -0.2) is 68.5 Å². The highest BCUT2D eigenvalue weighted by atomic mass is 32.2. The Hall–Kier alpha value is -1.51. The molecule has 0 spiro atoms. The predicted molar refractivity (Wildman–Crippen MR) is 84.1 cm³/mol. The van der Waals surface area contributed by atoms with Crippen molar-refractivity contribution in [1.82, 2.24) is 19.5 Å². The van der Waals surface area contributed by atoms with E-state index in [2.05, 4.69) is 10.3 Å². The van der Waals surface area contributed by atoms with Crippen LogP contribution in [0.15, 0.2) is 12.4 Å². The second-order valence-corrected chi connectivity index (χ2v) is 7.71. The van der Waals surface area contributed by atoms with Crippen LogP contribution < -0.4 is 5.32 Å². The Morgan fingerprint density at radius 1 is 1.41 bits per heavy atom. The van der Waals surface area contributed by atoms with E-state index in [4.69, 9.17) is 0 Å². The number of pyridine rings is 1. The van der Waals surface area contributed by atoms with Crippen molar-refractivity contribution in [2.24, 2.45) is 0 Å². The first-order valence-corrected chi connectivity index (χ1v) is 8.97. The van der Waals surface area contributed by atoms with Crippen LogP contribution in [0.4, 0.5) is 0 Å². The fourth-order valence-electron chi connectivity index (χ4n) is 2.43. The summed E-state index contributed by atoms with van der Waals surface area (Å²) in [6, 6.07) is 0. The van der Waals surface area contributed by atoms with Gasteiger partial charge in [-0.3, -0.25) is 9.78 Å². The molecule has 8 heteroatoms. The number of amides is 1. The monoisotopic (exact) mass is 326 g/mol. The first-order valence-electron chi connectivity index (χ1n) is 7.13. The molecule has 0 aromatic carbocycles. The van der Waals surface area contributed by atoms with Gasteiger partial charge in [0.15, 0.2) is 0 Å². The molecule has 1 aromatic heterocycles. The maximum Gasteiger partial charge on any atom is 0.253 e. The summed E-state index contributed by atoms with van der Waals surface area (Å²) >= 11 is 0. The number of rotatable bonds is 5. The Labute approximate surface area is 131 Å². The van der Waals surface area contributed by atoms with Gasteiger partial charge >= 0.3 is 0 Å². The number of aromatic nitrogens is 1. The highest BCUT2D eigenvalue weighted by Crippen LogP contribution is 2.23. The van der Waals surface area contributed by atoms with Gasteiger partial charge in [0.25, 0.3) is 5.91 Å². The summed E-state index contributed by atoms with van der Waals surface area (Å²) in [6.45, 7) is 1.99. The zero-order chi connectivity index (χ0) is 16.3. The summed E-state index contributed by atoms with van der Waals surface area (Å²) in [4.78, 5) is 18.4. The Morgan fingerprint density at radius 2 is 2.14 bits per heavy atom. The molecule has 0 saturated carbocycles. The maximum atomic E-state index is 12.3. The molecular formula is C14H22N4O3S. The largest absolute Gasteiger partial charge is 0.351 e. The van der Waals surface area contributed by atoms with Gasteiger partial charge in [-0.25, -0.2) is 8.42 Å². The number of hydrogen-bond donors (Lipinski definition) is 1. The fourth-order valence-corrected chi connectivity index (χ4v) is 3.23. The molecule has 0 atom stereocenters. The molecule has 2 heterocycles. The average molecular weight is 326 g/mol. The van der Waals surface area contributed by atoms with Crippen LogP contribution in [0.2, 0.25) is 0 Å². The minimum Gasteiger partial charge on any atom is -0.351 e. The molecule has 1 aromatic rings. The van der Waals surface area contributed by atoms with Crippen molar-refractivity contribution in [3.63, 3.8) is 0 Å². The Kier molecular flexibility index (Phi) is 5.15. The molecule has 7 nitrogen and oxygen atoms in total. The lowest BCUT2D eigenvalue weighted by Crippen LogP contribution is -2.37. The van der Waals surface area contributed by atoms with E-state index >= 15 is 0 Å². The Bertz CT molecular complexity index is 658. The number of carbonyl (C=O) groups excluding carboxylic acids is 1. The zero-order valence-electron chi connectivity index (χ0n) is 13.2. The smallest absolute Gasteiger partial charge is 0.253 e. The molecule has 22 heavy (non-hydrogen) atoms. The van der Waals surface area contributed by atoms with E-state index in [1.807, 2.05) is 19.0 Å². The number of sulfonamides is 1. The number of likely N-dealkylation sites (N-methyl/N-ethyl adjacent to an activating group) is 1. The Balaban J connectivity index is 2.15. The summed E-state index contributed by atoms with van der Waals surface area (Å²) in [5, 5.41) is 2.87. The van der Waals surface area contributed by atoms with Crippen LogP contribution in [0.1, 0.15) is 21.5 Å². The van der Waals surface area contributed by atoms with Crippen molar-refractivity contribution in [1.29, 1.82) is 0 Å². The molecule has 0 saturated heterocycles. The van der Waals surface area contributed by atoms with Crippen LogP contribution >= 0.6 is 0 Å². The molecule has 1 N–H and O–H groups in total. The van der Waals surface area contributed by atoms with E-state index in [1.165, 1.54) is 10.6 Å². The number of nitrogens with one attached hydrogen (secondary N) is 1. The third-order valence-corrected chi connectivity index (χ3v) is 4.91. The number of carbonyl (C=O) groups is 1. The SMILES string of the molecule is CN(C)CCNC(=O)c1cncc2c1CCN(S(C)(=O)=O)C2. The third-order valence-electron chi connectivity index (χ3n) is 3.66. The molecule has 0 bridgehead atoms. The van der Waals surface area contributed by atoms with Crippen molar-refractivity contribution in [2.75, 3.05) is 40.0 Å². The summed E-state index contributed by atoms with van der Waals surface area (Å²) in [5.74, 6) is -0.154. The summed E-state index contributed by atoms with van der Waals surface area (Å²) < 4.78 is 24.7. The molecule has 1 aliphatic heterocycles. The van der Waals surface area contributed by atoms with Crippen molar-refractivity contribution in [3.05, 3.63) is 29.1 Å². The molecule has 2 rings (SSSR count). The summed E-state index contributed by atoms with van der Waals surface area (Å²) in [6.07, 6.45) is 4.92. The Morgan fingerprint density at radius 3 is 2.77 bits per heavy atom. The molecule has 1 aliphatic rings. The second kappa shape index (κ2) is 6.72. The van der Waals surface area contributed by atoms with Gasteiger partial charge in [0, 0.05) is 38.6 Å². The van der Waals surface area contributed by atoms with Gasteiger partial charge in [0.1, 0.15) is 0 Å². The molecular weight excluding hydrogens is 304 g/mol. The topological polar surface area (TPSA) is 82.6 Å². The molecule has 122 valence electrons. The van der Waals surface area contributed by atoms with E-state index in [-0.39, 0.29) is 12.5 Å². The van der Waals surface area contributed by atoms with Gasteiger partial charge < -0.3 is 10.2 Å². The van der Waals surface area contributed by atoms with Gasteiger partial charge in [-0.15, -0.1) is 0 Å². The molecule has 0 fully saturated rings. The lowest BCUT2D eigenvalue weighted by molar-refractivity contribution is 0.0949. The van der Waals surface area contributed by atoms with Crippen molar-refractivity contribution < 1.29 is 13.2 Å². The quantitative estimate of drug-likeness (QED) is 0.803. The van der Waals surface area contributed by atoms with Gasteiger partial charge in [0.2, 0.25) is 10.0 Å². The lowest BCUT2D eigenvalue weighted by atomic mass is 9.98. The number of nitrogens with zero attached hydrogens (tertiary/aromatic N) is 3. The number of hydrogen-bond acceptors (Lipinski definition) is 5. The fraction of sp³-hybridized carbons (Fsp3) is 0.571. The van der Waals surface area contributed by atoms with Crippen LogP contribution in [0.25, 0.3) is 0 Å². The first kappa shape index (κ1) is 16.9. The minimum atomic E-state index is -3.23. The van der Waals surface area contributed by atoms with E-state index < -0.39 is 10.0 Å². The minimum absolute atomic E-state index is 0.154. The van der Waals surface area contributed by atoms with E-state index in [0.29, 0.717) is 25.1 Å². The van der Waals surface area contributed by atoms with Crippen molar-refractivity contribution >= 4 is 15.9 Å². The van der Waals surface area contributed by atoms with Crippen molar-refractivity contribution in [3.8, 4) is 0 Å².